The minimum absolute atomic E-state index is 0.0142. The van der Waals surface area contributed by atoms with E-state index >= 15 is 0 Å². The molecule has 6 rings (SSSR count). The number of hydrogen-bond donors (Lipinski definition) is 6. The van der Waals surface area contributed by atoms with Crippen LogP contribution in [0.5, 0.6) is 5.75 Å². The lowest BCUT2D eigenvalue weighted by Gasteiger charge is -2.44. The molecular weight excluding hydrogens is 754 g/mol. The maximum atomic E-state index is 14.6. The van der Waals surface area contributed by atoms with Crippen molar-refractivity contribution < 1.29 is 51.4 Å². The second kappa shape index (κ2) is 16.7. The first-order valence-electron chi connectivity index (χ1n) is 18.5. The summed E-state index contributed by atoms with van der Waals surface area (Å²) in [6.45, 7) is 5.49. The minimum Gasteiger partial charge on any atom is -0.508 e. The number of phenolic OH excluding ortho intramolecular Hbond substituents is 1. The van der Waals surface area contributed by atoms with Crippen LogP contribution in [0.4, 0.5) is 23.2 Å². The number of quaternary nitrogens is 1. The molecule has 3 amide bonds. The molecule has 2 saturated heterocycles. The lowest BCUT2D eigenvalue weighted by Crippen LogP contribution is -2.58. The monoisotopic (exact) mass is 798 g/mol. The number of aryl methyl sites for hydroxylation is 1. The van der Waals surface area contributed by atoms with Crippen molar-refractivity contribution >= 4 is 29.4 Å². The average Bonchev–Trinajstić information content (AvgIpc) is 3.82. The number of aromatic hydroxyl groups is 1. The Kier molecular flexibility index (Phi) is 12.0. The molecule has 57 heavy (non-hydrogen) atoms. The maximum Gasteiger partial charge on any atom is 0.433 e. The van der Waals surface area contributed by atoms with Gasteiger partial charge in [-0.05, 0) is 49.4 Å². The van der Waals surface area contributed by atoms with Crippen LogP contribution in [0.15, 0.2) is 42.6 Å². The molecule has 0 saturated carbocycles. The summed E-state index contributed by atoms with van der Waals surface area (Å²) in [7, 11) is 0. The fraction of sp³-hybridized carbons (Fsp3) is 0.421. The van der Waals surface area contributed by atoms with Gasteiger partial charge in [-0.15, -0.1) is 0 Å². The summed E-state index contributed by atoms with van der Waals surface area (Å²) in [5.41, 5.74) is 4.93. The Morgan fingerprint density at radius 1 is 1.04 bits per heavy atom. The number of amides is 3. The van der Waals surface area contributed by atoms with E-state index < -0.39 is 47.3 Å². The number of carboxylic acids is 1. The van der Waals surface area contributed by atoms with Crippen molar-refractivity contribution in [2.45, 2.75) is 38.8 Å². The Morgan fingerprint density at radius 2 is 1.74 bits per heavy atom. The first-order chi connectivity index (χ1) is 27.1. The number of benzene rings is 2. The number of carboxylic acid groups (broad SMARTS) is 1. The van der Waals surface area contributed by atoms with Crippen LogP contribution >= 0.6 is 0 Å². The van der Waals surface area contributed by atoms with Gasteiger partial charge in [-0.3, -0.25) is 19.5 Å². The van der Waals surface area contributed by atoms with Gasteiger partial charge in [-0.1, -0.05) is 0 Å². The molecule has 304 valence electrons. The fourth-order valence-electron chi connectivity index (χ4n) is 7.71. The van der Waals surface area contributed by atoms with Gasteiger partial charge in [0.2, 0.25) is 5.91 Å². The highest BCUT2D eigenvalue weighted by molar-refractivity contribution is 6.02. The van der Waals surface area contributed by atoms with Crippen molar-refractivity contribution in [3.05, 3.63) is 82.3 Å². The van der Waals surface area contributed by atoms with E-state index in [1.54, 1.807) is 34.9 Å². The predicted molar refractivity (Wildman–Crippen MR) is 197 cm³/mol. The fourth-order valence-corrected chi connectivity index (χ4v) is 7.71. The second-order valence-electron chi connectivity index (χ2n) is 14.6. The van der Waals surface area contributed by atoms with Crippen molar-refractivity contribution in [2.24, 2.45) is 11.7 Å². The summed E-state index contributed by atoms with van der Waals surface area (Å²) in [5.74, 6) is -3.56. The standard InChI is InChI=1S/C38H43F4N9O6/c1-22-17-24(46-35(55)34-44-20-25(45-34)18-29-32(47-48-33(29)38(40,41)42)28-6-4-26(52)19-30(28)39)3-5-27(22)37(57)50-12-10-49(11-13-50)36(56)23-7-15-51(16-8-23,14-2-9-43)21-31(53)54/h3-6,17,19-20,23H,2,7-16,18,21,43H2,1H3,(H4-,44,45,46,47,48,52,53,54,55,57)/p+1. The molecule has 7 N–H and O–H groups in total. The van der Waals surface area contributed by atoms with Crippen molar-refractivity contribution in [3.63, 3.8) is 0 Å². The molecule has 4 aromatic rings. The number of piperazine rings is 1. The van der Waals surface area contributed by atoms with Crippen LogP contribution in [0.3, 0.4) is 0 Å². The lowest BCUT2D eigenvalue weighted by molar-refractivity contribution is -0.926. The number of carbonyl (C=O) groups excluding carboxylic acids is 3. The summed E-state index contributed by atoms with van der Waals surface area (Å²) < 4.78 is 56.7. The molecule has 15 nitrogen and oxygen atoms in total. The van der Waals surface area contributed by atoms with Gasteiger partial charge in [0, 0.05) is 98.1 Å². The number of alkyl halides is 3. The van der Waals surface area contributed by atoms with Crippen molar-refractivity contribution in [1.29, 1.82) is 0 Å². The summed E-state index contributed by atoms with van der Waals surface area (Å²) >= 11 is 0. The number of aromatic amines is 2. The van der Waals surface area contributed by atoms with Crippen molar-refractivity contribution in [3.8, 4) is 17.0 Å². The molecule has 2 aromatic heterocycles. The largest absolute Gasteiger partial charge is 0.508 e. The molecule has 0 bridgehead atoms. The summed E-state index contributed by atoms with van der Waals surface area (Å²) in [5, 5.41) is 27.3. The Bertz CT molecular complexity index is 2140. The van der Waals surface area contributed by atoms with E-state index in [4.69, 9.17) is 5.73 Å². The number of anilines is 1. The molecule has 0 atom stereocenters. The third-order valence-electron chi connectivity index (χ3n) is 10.7. The van der Waals surface area contributed by atoms with Gasteiger partial charge in [0.25, 0.3) is 11.8 Å². The number of nitrogens with zero attached hydrogens (tertiary/aromatic N) is 5. The second-order valence-corrected chi connectivity index (χ2v) is 14.6. The topological polar surface area (TPSA) is 211 Å². The molecule has 2 aliphatic rings. The van der Waals surface area contributed by atoms with Gasteiger partial charge in [-0.2, -0.15) is 18.3 Å². The van der Waals surface area contributed by atoms with Gasteiger partial charge < -0.3 is 40.5 Å². The third kappa shape index (κ3) is 9.26. The highest BCUT2D eigenvalue weighted by Crippen LogP contribution is 2.37. The molecule has 0 aliphatic carbocycles. The van der Waals surface area contributed by atoms with Gasteiger partial charge in [0.15, 0.2) is 12.4 Å². The quantitative estimate of drug-likeness (QED) is 0.0909. The van der Waals surface area contributed by atoms with Crippen molar-refractivity contribution in [1.82, 2.24) is 30.0 Å². The number of H-pyrrole nitrogens is 2. The average molecular weight is 799 g/mol. The zero-order valence-corrected chi connectivity index (χ0v) is 31.2. The Morgan fingerprint density at radius 3 is 2.37 bits per heavy atom. The number of piperidine rings is 1. The number of nitrogens with one attached hydrogen (secondary N) is 3. The summed E-state index contributed by atoms with van der Waals surface area (Å²) in [6, 6.07) is 7.72. The molecule has 2 fully saturated rings. The maximum absolute atomic E-state index is 14.6. The number of carbonyl (C=O) groups is 4. The van der Waals surface area contributed by atoms with Crippen LogP contribution in [-0.2, 0) is 22.2 Å². The number of aromatic nitrogens is 4. The van der Waals surface area contributed by atoms with E-state index in [0.29, 0.717) is 86.5 Å². The van der Waals surface area contributed by atoms with Crippen LogP contribution in [-0.4, -0.2) is 127 Å². The summed E-state index contributed by atoms with van der Waals surface area (Å²) in [4.78, 5) is 61.7. The van der Waals surface area contributed by atoms with Crippen molar-refractivity contribution in [2.75, 3.05) is 64.2 Å². The van der Waals surface area contributed by atoms with Gasteiger partial charge in [0.05, 0.1) is 25.3 Å². The first-order valence-corrected chi connectivity index (χ1v) is 18.5. The van der Waals surface area contributed by atoms with Gasteiger partial charge >= 0.3 is 12.1 Å². The minimum atomic E-state index is -4.85. The van der Waals surface area contributed by atoms with Crippen LogP contribution in [0.2, 0.25) is 0 Å². The van der Waals surface area contributed by atoms with E-state index in [0.717, 1.165) is 24.6 Å². The predicted octanol–water partition coefficient (Wildman–Crippen LogP) is 3.76. The molecule has 4 heterocycles. The Hall–Kier alpha value is -5.82. The number of nitrogens with two attached hydrogens (primary N) is 1. The highest BCUT2D eigenvalue weighted by atomic mass is 19.4. The lowest BCUT2D eigenvalue weighted by atomic mass is 9.92. The number of phenols is 1. The molecule has 0 spiro atoms. The zero-order chi connectivity index (χ0) is 41.1. The number of rotatable bonds is 12. The Labute approximate surface area is 324 Å². The van der Waals surface area contributed by atoms with E-state index in [1.165, 1.54) is 6.20 Å². The molecule has 2 aliphatic heterocycles. The molecule has 0 unspecified atom stereocenters. The number of imidazole rings is 1. The number of halogens is 4. The van der Waals surface area contributed by atoms with E-state index in [1.807, 2.05) is 5.10 Å². The highest BCUT2D eigenvalue weighted by Gasteiger charge is 2.40. The molecule has 0 radical (unpaired) electrons. The SMILES string of the molecule is Cc1cc(NC(=O)c2ncc(Cc3c(-c4ccc(O)cc4F)n[nH]c3C(F)(F)F)[nH]2)ccc1C(=O)N1CCN(C(=O)C2CC[N+](CCCN)(CC(=O)O)CC2)CC1. The number of hydrogen-bond acceptors (Lipinski definition) is 8. The van der Waals surface area contributed by atoms with Gasteiger partial charge in [-0.25, -0.2) is 14.2 Å². The van der Waals surface area contributed by atoms with E-state index in [-0.39, 0.29) is 47.1 Å². The molecule has 2 aromatic carbocycles. The van der Waals surface area contributed by atoms with E-state index in [2.05, 4.69) is 20.4 Å². The first kappa shape index (κ1) is 40.8. The summed E-state index contributed by atoms with van der Waals surface area (Å²) in [6.07, 6.45) is -2.20. The van der Waals surface area contributed by atoms with Gasteiger partial charge in [0.1, 0.15) is 17.3 Å². The third-order valence-corrected chi connectivity index (χ3v) is 10.7. The van der Waals surface area contributed by atoms with Crippen LogP contribution in [0.1, 0.15) is 62.8 Å². The smallest absolute Gasteiger partial charge is 0.433 e. The molecular formula is C38H44F4N9O6+. The Balaban J connectivity index is 1.04. The molecule has 19 heteroatoms. The normalized spacial score (nSPS) is 18.7. The number of aliphatic carboxylic acids is 1. The van der Waals surface area contributed by atoms with Crippen LogP contribution in [0, 0.1) is 18.7 Å². The van der Waals surface area contributed by atoms with Crippen LogP contribution < -0.4 is 11.1 Å². The number of likely N-dealkylation sites (tertiary alicyclic amines) is 1. The van der Waals surface area contributed by atoms with Crippen LogP contribution in [0.25, 0.3) is 11.3 Å². The van der Waals surface area contributed by atoms with E-state index in [9.17, 15) is 47.0 Å². The zero-order valence-electron chi connectivity index (χ0n) is 31.2.